The van der Waals surface area contributed by atoms with Gasteiger partial charge in [0.25, 0.3) is 5.91 Å². The van der Waals surface area contributed by atoms with Crippen molar-refractivity contribution in [3.8, 4) is 0 Å². The third kappa shape index (κ3) is 4.99. The van der Waals surface area contributed by atoms with Crippen molar-refractivity contribution in [1.82, 2.24) is 9.21 Å². The molecule has 1 aromatic rings. The van der Waals surface area contributed by atoms with Gasteiger partial charge in [0.15, 0.2) is 0 Å². The molecule has 3 rings (SSSR count). The topological polar surface area (TPSA) is 93.2 Å². The molecule has 2 aliphatic rings. The number of benzene rings is 1. The van der Waals surface area contributed by atoms with E-state index >= 15 is 0 Å². The Morgan fingerprint density at radius 1 is 1.17 bits per heavy atom. The van der Waals surface area contributed by atoms with Crippen molar-refractivity contribution in [3.63, 3.8) is 0 Å². The van der Waals surface area contributed by atoms with Gasteiger partial charge in [0.1, 0.15) is 0 Å². The normalized spacial score (nSPS) is 18.9. The summed E-state index contributed by atoms with van der Waals surface area (Å²) < 4.78 is 38.1. The van der Waals surface area contributed by atoms with E-state index in [2.05, 4.69) is 0 Å². The average molecular weight is 457 g/mol. The Balaban J connectivity index is 1.79. The Morgan fingerprint density at radius 3 is 2.43 bits per heavy atom. The maximum absolute atomic E-state index is 13.2. The first-order chi connectivity index (χ1) is 14.4. The number of carbonyl (C=O) groups is 2. The number of morpholine rings is 1. The van der Waals surface area contributed by atoms with E-state index in [0.29, 0.717) is 51.3 Å². The summed E-state index contributed by atoms with van der Waals surface area (Å²) in [6.07, 6.45) is 2.72. The predicted molar refractivity (Wildman–Crippen MR) is 113 cm³/mol. The van der Waals surface area contributed by atoms with Crippen LogP contribution in [0.2, 0.25) is 0 Å². The number of nitrogens with zero attached hydrogens (tertiary/aromatic N) is 2. The van der Waals surface area contributed by atoms with Crippen LogP contribution in [0.1, 0.15) is 30.1 Å². The van der Waals surface area contributed by atoms with Crippen LogP contribution in [-0.4, -0.2) is 81.8 Å². The maximum Gasteiger partial charge on any atom is 0.309 e. The van der Waals surface area contributed by atoms with E-state index in [4.69, 9.17) is 9.47 Å². The lowest BCUT2D eigenvalue weighted by Gasteiger charge is -2.30. The number of carbonyl (C=O) groups excluding carboxylic acids is 2. The highest BCUT2D eigenvalue weighted by Gasteiger charge is 2.33. The van der Waals surface area contributed by atoms with Crippen LogP contribution in [0, 0.1) is 5.92 Å². The van der Waals surface area contributed by atoms with Gasteiger partial charge in [0.05, 0.1) is 36.2 Å². The SMILES string of the molecule is CCOC(=O)C1CCN(S(=O)(=O)c2ccc(SC)c(C(=O)N3CCOCC3)c2)CC1. The molecule has 2 aliphatic heterocycles. The molecule has 10 heteroatoms. The molecule has 0 spiro atoms. The second kappa shape index (κ2) is 10.1. The molecule has 1 amide bonds. The molecule has 8 nitrogen and oxygen atoms in total. The summed E-state index contributed by atoms with van der Waals surface area (Å²) in [7, 11) is -3.76. The van der Waals surface area contributed by atoms with Crippen molar-refractivity contribution in [2.75, 3.05) is 52.3 Å². The number of ether oxygens (including phenoxy) is 2. The lowest BCUT2D eigenvalue weighted by Crippen LogP contribution is -2.41. The third-order valence-corrected chi connectivity index (χ3v) is 8.10. The molecule has 1 aromatic carbocycles. The van der Waals surface area contributed by atoms with Crippen LogP contribution in [0.25, 0.3) is 0 Å². The van der Waals surface area contributed by atoms with Crippen LogP contribution in [0.4, 0.5) is 0 Å². The molecule has 0 aromatic heterocycles. The van der Waals surface area contributed by atoms with E-state index in [1.807, 2.05) is 6.26 Å². The van der Waals surface area contributed by atoms with E-state index in [9.17, 15) is 18.0 Å². The van der Waals surface area contributed by atoms with Crippen molar-refractivity contribution < 1.29 is 27.5 Å². The van der Waals surface area contributed by atoms with Crippen LogP contribution in [0.3, 0.4) is 0 Å². The van der Waals surface area contributed by atoms with Crippen molar-refractivity contribution in [2.45, 2.75) is 29.6 Å². The van der Waals surface area contributed by atoms with Crippen LogP contribution in [0.5, 0.6) is 0 Å². The summed E-state index contributed by atoms with van der Waals surface area (Å²) in [6, 6.07) is 4.72. The van der Waals surface area contributed by atoms with Gasteiger partial charge in [0.2, 0.25) is 10.0 Å². The second-order valence-corrected chi connectivity index (χ2v) is 9.98. The fourth-order valence-corrected chi connectivity index (χ4v) is 5.76. The zero-order chi connectivity index (χ0) is 21.7. The summed E-state index contributed by atoms with van der Waals surface area (Å²) in [5.41, 5.74) is 0.395. The molecule has 2 fully saturated rings. The Kier molecular flexibility index (Phi) is 7.78. The number of sulfonamides is 1. The van der Waals surface area contributed by atoms with Gasteiger partial charge in [0, 0.05) is 31.1 Å². The van der Waals surface area contributed by atoms with Gasteiger partial charge in [-0.15, -0.1) is 11.8 Å². The molecule has 30 heavy (non-hydrogen) atoms. The first kappa shape index (κ1) is 23.1. The predicted octanol–water partition coefficient (Wildman–Crippen LogP) is 1.84. The third-order valence-electron chi connectivity index (χ3n) is 5.41. The molecule has 0 unspecified atom stereocenters. The number of hydrogen-bond acceptors (Lipinski definition) is 7. The number of piperidine rings is 1. The van der Waals surface area contributed by atoms with E-state index < -0.39 is 10.0 Å². The largest absolute Gasteiger partial charge is 0.466 e. The molecule has 0 bridgehead atoms. The zero-order valence-corrected chi connectivity index (χ0v) is 19.0. The van der Waals surface area contributed by atoms with E-state index in [1.54, 1.807) is 24.0 Å². The van der Waals surface area contributed by atoms with Gasteiger partial charge in [-0.1, -0.05) is 0 Å². The van der Waals surface area contributed by atoms with Crippen molar-refractivity contribution in [2.24, 2.45) is 5.92 Å². The first-order valence-electron chi connectivity index (χ1n) is 10.1. The zero-order valence-electron chi connectivity index (χ0n) is 17.3. The van der Waals surface area contributed by atoms with Crippen LogP contribution in [-0.2, 0) is 24.3 Å². The summed E-state index contributed by atoms with van der Waals surface area (Å²) in [6.45, 7) is 4.52. The van der Waals surface area contributed by atoms with Crippen molar-refractivity contribution >= 4 is 33.7 Å². The minimum atomic E-state index is -3.76. The van der Waals surface area contributed by atoms with Gasteiger partial charge >= 0.3 is 5.97 Å². The molecule has 0 saturated carbocycles. The molecule has 2 saturated heterocycles. The quantitative estimate of drug-likeness (QED) is 0.476. The van der Waals surface area contributed by atoms with Gasteiger partial charge in [-0.25, -0.2) is 8.42 Å². The number of hydrogen-bond donors (Lipinski definition) is 0. The second-order valence-electron chi connectivity index (χ2n) is 7.20. The number of thioether (sulfide) groups is 1. The highest BCUT2D eigenvalue weighted by atomic mass is 32.2. The minimum Gasteiger partial charge on any atom is -0.466 e. The van der Waals surface area contributed by atoms with Gasteiger partial charge < -0.3 is 14.4 Å². The van der Waals surface area contributed by atoms with Crippen LogP contribution in [0.15, 0.2) is 28.0 Å². The van der Waals surface area contributed by atoms with Gasteiger partial charge in [-0.2, -0.15) is 4.31 Å². The minimum absolute atomic E-state index is 0.103. The fraction of sp³-hybridized carbons (Fsp3) is 0.600. The number of esters is 1. The van der Waals surface area contributed by atoms with E-state index in [1.165, 1.54) is 22.1 Å². The lowest BCUT2D eigenvalue weighted by atomic mass is 9.98. The van der Waals surface area contributed by atoms with Crippen LogP contribution < -0.4 is 0 Å². The molecule has 0 aliphatic carbocycles. The first-order valence-corrected chi connectivity index (χ1v) is 12.8. The van der Waals surface area contributed by atoms with E-state index in [-0.39, 0.29) is 35.8 Å². The molecule has 2 heterocycles. The molecule has 166 valence electrons. The molecular weight excluding hydrogens is 428 g/mol. The van der Waals surface area contributed by atoms with Gasteiger partial charge in [-0.05, 0) is 44.2 Å². The molecule has 0 N–H and O–H groups in total. The summed E-state index contributed by atoms with van der Waals surface area (Å²) in [4.78, 5) is 27.5. The van der Waals surface area contributed by atoms with E-state index in [0.717, 1.165) is 4.90 Å². The smallest absolute Gasteiger partial charge is 0.309 e. The Bertz CT molecular complexity index is 875. The molecule has 0 atom stereocenters. The summed E-state index contributed by atoms with van der Waals surface area (Å²) in [5, 5.41) is 0. The highest BCUT2D eigenvalue weighted by Crippen LogP contribution is 2.29. The summed E-state index contributed by atoms with van der Waals surface area (Å²) >= 11 is 1.41. The average Bonchev–Trinajstić information content (AvgIpc) is 2.79. The Hall–Kier alpha value is -1.62. The monoisotopic (exact) mass is 456 g/mol. The Morgan fingerprint density at radius 2 is 1.83 bits per heavy atom. The lowest BCUT2D eigenvalue weighted by molar-refractivity contribution is -0.149. The molecule has 0 radical (unpaired) electrons. The standard InChI is InChI=1S/C20H28N2O6S2/c1-3-28-20(24)15-6-8-22(9-7-15)30(25,26)16-4-5-18(29-2)17(14-16)19(23)21-10-12-27-13-11-21/h4-5,14-15H,3,6-13H2,1-2H3. The maximum atomic E-state index is 13.2. The fourth-order valence-electron chi connectivity index (χ4n) is 3.69. The van der Waals surface area contributed by atoms with Crippen LogP contribution >= 0.6 is 11.8 Å². The highest BCUT2D eigenvalue weighted by molar-refractivity contribution is 7.98. The van der Waals surface area contributed by atoms with Crippen molar-refractivity contribution in [1.29, 1.82) is 0 Å². The molecular formula is C20H28N2O6S2. The van der Waals surface area contributed by atoms with Crippen molar-refractivity contribution in [3.05, 3.63) is 23.8 Å². The summed E-state index contributed by atoms with van der Waals surface area (Å²) in [5.74, 6) is -0.716. The number of rotatable bonds is 6. The van der Waals surface area contributed by atoms with Gasteiger partial charge in [-0.3, -0.25) is 9.59 Å². The Labute approximate surface area is 181 Å². The number of amides is 1.